The molecule has 0 unspecified atom stereocenters. The van der Waals surface area contributed by atoms with E-state index in [1.165, 1.54) is 11.0 Å². The van der Waals surface area contributed by atoms with Crippen LogP contribution in [0.1, 0.15) is 34.6 Å². The minimum atomic E-state index is -0.362. The number of nitrogens with one attached hydrogen (secondary N) is 2. The van der Waals surface area contributed by atoms with E-state index in [0.29, 0.717) is 21.8 Å². The summed E-state index contributed by atoms with van der Waals surface area (Å²) in [6.45, 7) is 3.72. The van der Waals surface area contributed by atoms with Gasteiger partial charge in [0.15, 0.2) is 0 Å². The van der Waals surface area contributed by atoms with Gasteiger partial charge in [-0.3, -0.25) is 9.59 Å². The van der Waals surface area contributed by atoms with Gasteiger partial charge in [0, 0.05) is 16.6 Å². The summed E-state index contributed by atoms with van der Waals surface area (Å²) in [5.74, 6) is -0.648. The maximum Gasteiger partial charge on any atom is 0.255 e. The Balaban J connectivity index is 1.81. The Hall–Kier alpha value is -3.26. The molecule has 0 saturated carbocycles. The molecule has 9 heteroatoms. The average molecular weight is 385 g/mol. The lowest BCUT2D eigenvalue weighted by molar-refractivity contribution is 0.0944. The monoisotopic (exact) mass is 384 g/mol. The van der Waals surface area contributed by atoms with Gasteiger partial charge in [-0.05, 0) is 66.7 Å². The molecule has 0 bridgehead atoms. The molecule has 1 aromatic heterocycles. The molecular formula is C18H17ClN6O2. The van der Waals surface area contributed by atoms with Crippen molar-refractivity contribution in [2.24, 2.45) is 0 Å². The molecule has 0 fully saturated rings. The number of aromatic nitrogens is 4. The van der Waals surface area contributed by atoms with Crippen LogP contribution >= 0.6 is 11.6 Å². The molecule has 0 aliphatic heterocycles. The number of amides is 2. The molecule has 0 atom stereocenters. The highest BCUT2D eigenvalue weighted by molar-refractivity contribution is 6.31. The SMILES string of the molecule is CC(C)NC(=O)c1ccc(Cl)cc1NC(=O)c1ccc(-n2cnnn2)cc1. The number of halogens is 1. The number of benzene rings is 2. The van der Waals surface area contributed by atoms with Crippen LogP contribution in [0.15, 0.2) is 48.8 Å². The second-order valence-corrected chi connectivity index (χ2v) is 6.51. The molecule has 8 nitrogen and oxygen atoms in total. The van der Waals surface area contributed by atoms with E-state index in [-0.39, 0.29) is 17.9 Å². The third kappa shape index (κ3) is 4.48. The van der Waals surface area contributed by atoms with Crippen LogP contribution in [-0.2, 0) is 0 Å². The van der Waals surface area contributed by atoms with E-state index in [4.69, 9.17) is 11.6 Å². The van der Waals surface area contributed by atoms with Gasteiger partial charge in [0.25, 0.3) is 11.8 Å². The Labute approximate surface area is 160 Å². The van der Waals surface area contributed by atoms with Gasteiger partial charge < -0.3 is 10.6 Å². The van der Waals surface area contributed by atoms with E-state index in [9.17, 15) is 9.59 Å². The lowest BCUT2D eigenvalue weighted by atomic mass is 10.1. The second-order valence-electron chi connectivity index (χ2n) is 6.07. The number of nitrogens with zero attached hydrogens (tertiary/aromatic N) is 4. The van der Waals surface area contributed by atoms with Gasteiger partial charge in [0.2, 0.25) is 0 Å². The van der Waals surface area contributed by atoms with E-state index in [0.717, 1.165) is 5.69 Å². The Kier molecular flexibility index (Phi) is 5.46. The van der Waals surface area contributed by atoms with E-state index in [1.807, 2.05) is 13.8 Å². The number of carbonyl (C=O) groups excluding carboxylic acids is 2. The third-order valence-corrected chi connectivity index (χ3v) is 3.87. The molecule has 2 N–H and O–H groups in total. The van der Waals surface area contributed by atoms with Gasteiger partial charge in [0.1, 0.15) is 6.33 Å². The number of hydrogen-bond donors (Lipinski definition) is 2. The van der Waals surface area contributed by atoms with E-state index >= 15 is 0 Å². The summed E-state index contributed by atoms with van der Waals surface area (Å²) in [6.07, 6.45) is 1.46. The highest BCUT2D eigenvalue weighted by atomic mass is 35.5. The second kappa shape index (κ2) is 7.96. The van der Waals surface area contributed by atoms with Gasteiger partial charge in [-0.25, -0.2) is 4.68 Å². The van der Waals surface area contributed by atoms with Crippen molar-refractivity contribution in [1.82, 2.24) is 25.5 Å². The van der Waals surface area contributed by atoms with Crippen LogP contribution in [0.4, 0.5) is 5.69 Å². The predicted molar refractivity (Wildman–Crippen MR) is 101 cm³/mol. The molecule has 3 aromatic rings. The largest absolute Gasteiger partial charge is 0.350 e. The molecule has 0 aliphatic carbocycles. The van der Waals surface area contributed by atoms with Crippen LogP contribution in [0.25, 0.3) is 5.69 Å². The van der Waals surface area contributed by atoms with Gasteiger partial charge >= 0.3 is 0 Å². The van der Waals surface area contributed by atoms with Crippen LogP contribution in [0.5, 0.6) is 0 Å². The summed E-state index contributed by atoms with van der Waals surface area (Å²) in [4.78, 5) is 24.9. The van der Waals surface area contributed by atoms with Gasteiger partial charge in [-0.1, -0.05) is 11.6 Å². The lowest BCUT2D eigenvalue weighted by Crippen LogP contribution is -2.31. The van der Waals surface area contributed by atoms with Crippen molar-refractivity contribution >= 4 is 29.1 Å². The van der Waals surface area contributed by atoms with Gasteiger partial charge in [-0.15, -0.1) is 5.10 Å². The smallest absolute Gasteiger partial charge is 0.255 e. The van der Waals surface area contributed by atoms with Crippen LogP contribution in [-0.4, -0.2) is 38.1 Å². The normalized spacial score (nSPS) is 10.7. The fourth-order valence-corrected chi connectivity index (χ4v) is 2.57. The number of tetrazole rings is 1. The average Bonchev–Trinajstić information content (AvgIpc) is 3.16. The molecule has 3 rings (SSSR count). The molecule has 0 saturated heterocycles. The molecule has 27 heavy (non-hydrogen) atoms. The van der Waals surface area contributed by atoms with E-state index < -0.39 is 0 Å². The Morgan fingerprint density at radius 1 is 1.07 bits per heavy atom. The summed E-state index contributed by atoms with van der Waals surface area (Å²) >= 11 is 6.03. The van der Waals surface area contributed by atoms with Crippen molar-refractivity contribution in [1.29, 1.82) is 0 Å². The molecule has 0 spiro atoms. The molecule has 0 aliphatic rings. The molecule has 1 heterocycles. The summed E-state index contributed by atoms with van der Waals surface area (Å²) in [7, 11) is 0. The molecule has 138 valence electrons. The summed E-state index contributed by atoms with van der Waals surface area (Å²) < 4.78 is 1.48. The maximum absolute atomic E-state index is 12.6. The summed E-state index contributed by atoms with van der Waals surface area (Å²) in [5.41, 5.74) is 1.82. The first-order valence-electron chi connectivity index (χ1n) is 8.19. The van der Waals surface area contributed by atoms with Crippen LogP contribution < -0.4 is 10.6 Å². The molecular weight excluding hydrogens is 368 g/mol. The number of anilines is 1. The minimum Gasteiger partial charge on any atom is -0.350 e. The predicted octanol–water partition coefficient (Wildman–Crippen LogP) is 2.71. The first kappa shape index (κ1) is 18.5. The summed E-state index contributed by atoms with van der Waals surface area (Å²) in [6, 6.07) is 11.4. The molecule has 0 radical (unpaired) electrons. The first-order valence-corrected chi connectivity index (χ1v) is 8.57. The van der Waals surface area contributed by atoms with Gasteiger partial charge in [0.05, 0.1) is 16.9 Å². The molecule has 2 amide bonds. The number of rotatable bonds is 5. The Bertz CT molecular complexity index is 954. The fourth-order valence-electron chi connectivity index (χ4n) is 2.40. The van der Waals surface area contributed by atoms with Crippen LogP contribution in [0.2, 0.25) is 5.02 Å². The minimum absolute atomic E-state index is 0.0319. The van der Waals surface area contributed by atoms with Crippen LogP contribution in [0, 0.1) is 0 Å². The zero-order valence-corrected chi connectivity index (χ0v) is 15.4. The van der Waals surface area contributed by atoms with Crippen molar-refractivity contribution < 1.29 is 9.59 Å². The van der Waals surface area contributed by atoms with E-state index in [2.05, 4.69) is 26.2 Å². The summed E-state index contributed by atoms with van der Waals surface area (Å²) in [5, 5.41) is 16.9. The third-order valence-electron chi connectivity index (χ3n) is 3.64. The Morgan fingerprint density at radius 2 is 1.81 bits per heavy atom. The van der Waals surface area contributed by atoms with Crippen molar-refractivity contribution in [2.75, 3.05) is 5.32 Å². The standard InChI is InChI=1S/C18H17ClN6O2/c1-11(2)21-18(27)15-8-5-13(19)9-16(15)22-17(26)12-3-6-14(7-4-12)25-10-20-23-24-25/h3-11H,1-2H3,(H,21,27)(H,22,26). The van der Waals surface area contributed by atoms with E-state index in [1.54, 1.807) is 42.5 Å². The van der Waals surface area contributed by atoms with Crippen molar-refractivity contribution in [3.63, 3.8) is 0 Å². The van der Waals surface area contributed by atoms with Crippen molar-refractivity contribution in [3.8, 4) is 5.69 Å². The zero-order chi connectivity index (χ0) is 19.4. The van der Waals surface area contributed by atoms with Gasteiger partial charge in [-0.2, -0.15) is 0 Å². The van der Waals surface area contributed by atoms with Crippen molar-refractivity contribution in [3.05, 3.63) is 64.9 Å². The van der Waals surface area contributed by atoms with Crippen LogP contribution in [0.3, 0.4) is 0 Å². The Morgan fingerprint density at radius 3 is 2.44 bits per heavy atom. The fraction of sp³-hybridized carbons (Fsp3) is 0.167. The zero-order valence-electron chi connectivity index (χ0n) is 14.7. The number of carbonyl (C=O) groups is 2. The lowest BCUT2D eigenvalue weighted by Gasteiger charge is -2.14. The maximum atomic E-state index is 12.6. The highest BCUT2D eigenvalue weighted by Crippen LogP contribution is 2.22. The number of hydrogen-bond acceptors (Lipinski definition) is 5. The van der Waals surface area contributed by atoms with Crippen molar-refractivity contribution in [2.45, 2.75) is 19.9 Å². The topological polar surface area (TPSA) is 102 Å². The quantitative estimate of drug-likeness (QED) is 0.704. The first-order chi connectivity index (χ1) is 12.9. The highest BCUT2D eigenvalue weighted by Gasteiger charge is 2.16. The molecule has 2 aromatic carbocycles.